The summed E-state index contributed by atoms with van der Waals surface area (Å²) in [6.45, 7) is 3.79. The fourth-order valence-corrected chi connectivity index (χ4v) is 3.10. The molecule has 0 spiro atoms. The first-order valence-corrected chi connectivity index (χ1v) is 7.25. The number of hydrogen-bond acceptors (Lipinski definition) is 1. The Labute approximate surface area is 112 Å². The van der Waals surface area contributed by atoms with Crippen LogP contribution in [0, 0.1) is 0 Å². The van der Waals surface area contributed by atoms with Crippen LogP contribution in [0.1, 0.15) is 31.2 Å². The quantitative estimate of drug-likeness (QED) is 0.905. The van der Waals surface area contributed by atoms with Gasteiger partial charge in [-0.05, 0) is 59.8 Å². The van der Waals surface area contributed by atoms with Gasteiger partial charge in [-0.3, -0.25) is 0 Å². The number of rotatable bonds is 3. The summed E-state index contributed by atoms with van der Waals surface area (Å²) in [5.41, 5.74) is 1.40. The van der Waals surface area contributed by atoms with Crippen LogP contribution >= 0.6 is 15.9 Å². The SMILES string of the molecule is COc1ccc(C[NH+]2CCCCCC2)cc1Br. The van der Waals surface area contributed by atoms with Crippen molar-refractivity contribution >= 4 is 15.9 Å². The minimum atomic E-state index is 0.916. The predicted octanol–water partition coefficient (Wildman–Crippen LogP) is 2.42. The van der Waals surface area contributed by atoms with Crippen LogP contribution in [0.3, 0.4) is 0 Å². The summed E-state index contributed by atoms with van der Waals surface area (Å²) in [5.74, 6) is 0.916. The summed E-state index contributed by atoms with van der Waals surface area (Å²) in [7, 11) is 1.71. The molecule has 2 rings (SSSR count). The van der Waals surface area contributed by atoms with E-state index in [1.54, 1.807) is 12.0 Å². The van der Waals surface area contributed by atoms with E-state index in [9.17, 15) is 0 Å². The molecule has 1 fully saturated rings. The van der Waals surface area contributed by atoms with Crippen molar-refractivity contribution in [1.82, 2.24) is 0 Å². The Balaban J connectivity index is 1.99. The van der Waals surface area contributed by atoms with E-state index in [0.29, 0.717) is 0 Å². The van der Waals surface area contributed by atoms with E-state index in [4.69, 9.17) is 4.74 Å². The molecule has 1 heterocycles. The molecule has 1 aliphatic heterocycles. The molecule has 0 saturated carbocycles. The van der Waals surface area contributed by atoms with Crippen LogP contribution in [0.2, 0.25) is 0 Å². The lowest BCUT2D eigenvalue weighted by Gasteiger charge is -2.17. The molecule has 0 aromatic heterocycles. The summed E-state index contributed by atoms with van der Waals surface area (Å²) in [6.07, 6.45) is 5.59. The molecule has 3 heteroatoms. The summed E-state index contributed by atoms with van der Waals surface area (Å²) in [4.78, 5) is 1.72. The minimum Gasteiger partial charge on any atom is -0.496 e. The molecule has 0 atom stereocenters. The van der Waals surface area contributed by atoms with Gasteiger partial charge in [-0.1, -0.05) is 0 Å². The van der Waals surface area contributed by atoms with E-state index in [1.165, 1.54) is 44.3 Å². The third kappa shape index (κ3) is 3.71. The van der Waals surface area contributed by atoms with E-state index in [1.807, 2.05) is 0 Å². The second-order valence-electron chi connectivity index (χ2n) is 4.81. The molecule has 0 aliphatic carbocycles. The Kier molecular flexibility index (Phi) is 4.86. The Morgan fingerprint density at radius 1 is 1.18 bits per heavy atom. The summed E-state index contributed by atoms with van der Waals surface area (Å²) < 4.78 is 6.32. The number of hydrogen-bond donors (Lipinski definition) is 1. The monoisotopic (exact) mass is 298 g/mol. The second-order valence-corrected chi connectivity index (χ2v) is 5.66. The average Bonchev–Trinajstić information content (AvgIpc) is 2.58. The van der Waals surface area contributed by atoms with Gasteiger partial charge < -0.3 is 9.64 Å². The maximum Gasteiger partial charge on any atom is 0.133 e. The lowest BCUT2D eigenvalue weighted by Crippen LogP contribution is -3.10. The Morgan fingerprint density at radius 3 is 2.47 bits per heavy atom. The zero-order chi connectivity index (χ0) is 12.1. The molecule has 2 nitrogen and oxygen atoms in total. The molecule has 0 bridgehead atoms. The third-order valence-corrected chi connectivity index (χ3v) is 4.10. The largest absolute Gasteiger partial charge is 0.496 e. The zero-order valence-corrected chi connectivity index (χ0v) is 12.1. The maximum atomic E-state index is 5.26. The molecule has 0 unspecified atom stereocenters. The Hall–Kier alpha value is -0.540. The standard InChI is InChI=1S/C14H20BrNO/c1-17-14-7-6-12(10-13(14)15)11-16-8-4-2-3-5-9-16/h6-7,10H,2-5,8-9,11H2,1H3/p+1. The van der Waals surface area contributed by atoms with E-state index < -0.39 is 0 Å². The second kappa shape index (κ2) is 6.41. The third-order valence-electron chi connectivity index (χ3n) is 3.48. The number of methoxy groups -OCH3 is 1. The topological polar surface area (TPSA) is 13.7 Å². The summed E-state index contributed by atoms with van der Waals surface area (Å²) >= 11 is 3.55. The molecule has 17 heavy (non-hydrogen) atoms. The number of likely N-dealkylation sites (tertiary alicyclic amines) is 1. The van der Waals surface area contributed by atoms with Gasteiger partial charge in [-0.15, -0.1) is 0 Å². The Morgan fingerprint density at radius 2 is 1.88 bits per heavy atom. The van der Waals surface area contributed by atoms with Gasteiger partial charge in [-0.25, -0.2) is 0 Å². The maximum absolute atomic E-state index is 5.26. The van der Waals surface area contributed by atoms with E-state index in [-0.39, 0.29) is 0 Å². The van der Waals surface area contributed by atoms with Crippen molar-refractivity contribution in [3.05, 3.63) is 28.2 Å². The highest BCUT2D eigenvalue weighted by Gasteiger charge is 2.13. The number of ether oxygens (including phenoxy) is 1. The van der Waals surface area contributed by atoms with Crippen molar-refractivity contribution in [3.8, 4) is 5.75 Å². The number of quaternary nitrogens is 1. The van der Waals surface area contributed by atoms with Crippen LogP contribution in [0.4, 0.5) is 0 Å². The average molecular weight is 299 g/mol. The van der Waals surface area contributed by atoms with Gasteiger partial charge in [0.2, 0.25) is 0 Å². The van der Waals surface area contributed by atoms with Gasteiger partial charge in [-0.2, -0.15) is 0 Å². The first-order chi connectivity index (χ1) is 8.29. The summed E-state index contributed by atoms with van der Waals surface area (Å²) in [6, 6.07) is 6.43. The lowest BCUT2D eigenvalue weighted by atomic mass is 10.2. The van der Waals surface area contributed by atoms with Crippen LogP contribution in [0.15, 0.2) is 22.7 Å². The molecule has 1 N–H and O–H groups in total. The van der Waals surface area contributed by atoms with Crippen LogP contribution in [-0.4, -0.2) is 20.2 Å². The molecular formula is C14H21BrNO+. The van der Waals surface area contributed by atoms with E-state index in [0.717, 1.165) is 16.8 Å². The van der Waals surface area contributed by atoms with E-state index >= 15 is 0 Å². The van der Waals surface area contributed by atoms with Crippen LogP contribution < -0.4 is 9.64 Å². The van der Waals surface area contributed by atoms with E-state index in [2.05, 4.69) is 34.1 Å². The fourth-order valence-electron chi connectivity index (χ4n) is 2.51. The van der Waals surface area contributed by atoms with Crippen LogP contribution in [0.5, 0.6) is 5.75 Å². The highest BCUT2D eigenvalue weighted by atomic mass is 79.9. The molecule has 1 aromatic rings. The molecule has 0 amide bonds. The summed E-state index contributed by atoms with van der Waals surface area (Å²) in [5, 5.41) is 0. The van der Waals surface area contributed by atoms with Crippen molar-refractivity contribution in [3.63, 3.8) is 0 Å². The van der Waals surface area contributed by atoms with Crippen molar-refractivity contribution in [1.29, 1.82) is 0 Å². The zero-order valence-electron chi connectivity index (χ0n) is 10.5. The van der Waals surface area contributed by atoms with Crippen molar-refractivity contribution < 1.29 is 9.64 Å². The van der Waals surface area contributed by atoms with Gasteiger partial charge in [0.15, 0.2) is 0 Å². The van der Waals surface area contributed by atoms with Gasteiger partial charge in [0, 0.05) is 5.56 Å². The highest BCUT2D eigenvalue weighted by Crippen LogP contribution is 2.25. The van der Waals surface area contributed by atoms with Crippen LogP contribution in [-0.2, 0) is 6.54 Å². The van der Waals surface area contributed by atoms with Gasteiger partial charge >= 0.3 is 0 Å². The number of nitrogens with one attached hydrogen (secondary N) is 1. The minimum absolute atomic E-state index is 0.916. The predicted molar refractivity (Wildman–Crippen MR) is 73.6 cm³/mol. The highest BCUT2D eigenvalue weighted by molar-refractivity contribution is 9.10. The first-order valence-electron chi connectivity index (χ1n) is 6.45. The molecular weight excluding hydrogens is 278 g/mol. The van der Waals surface area contributed by atoms with Gasteiger partial charge in [0.1, 0.15) is 12.3 Å². The molecule has 94 valence electrons. The number of halogens is 1. The van der Waals surface area contributed by atoms with Crippen molar-refractivity contribution in [2.45, 2.75) is 32.2 Å². The molecule has 0 radical (unpaired) electrons. The molecule has 1 aromatic carbocycles. The number of benzene rings is 1. The van der Waals surface area contributed by atoms with Crippen molar-refractivity contribution in [2.75, 3.05) is 20.2 Å². The first kappa shape index (κ1) is 12.9. The normalized spacial score (nSPS) is 17.8. The van der Waals surface area contributed by atoms with Gasteiger partial charge in [0.05, 0.1) is 24.7 Å². The van der Waals surface area contributed by atoms with Gasteiger partial charge in [0.25, 0.3) is 0 Å². The lowest BCUT2D eigenvalue weighted by molar-refractivity contribution is -0.913. The smallest absolute Gasteiger partial charge is 0.133 e. The Bertz CT molecular complexity index is 359. The molecule has 1 saturated heterocycles. The fraction of sp³-hybridized carbons (Fsp3) is 0.571. The van der Waals surface area contributed by atoms with Crippen LogP contribution in [0.25, 0.3) is 0 Å². The molecule has 1 aliphatic rings. The van der Waals surface area contributed by atoms with Crippen molar-refractivity contribution in [2.24, 2.45) is 0 Å².